The Bertz CT molecular complexity index is 575. The summed E-state index contributed by atoms with van der Waals surface area (Å²) >= 11 is 0. The summed E-state index contributed by atoms with van der Waals surface area (Å²) in [5, 5.41) is 13.6. The van der Waals surface area contributed by atoms with Crippen LogP contribution in [0.5, 0.6) is 5.75 Å². The molecule has 1 N–H and O–H groups in total. The van der Waals surface area contributed by atoms with Crippen LogP contribution in [-0.2, 0) is 4.79 Å². The van der Waals surface area contributed by atoms with Crippen molar-refractivity contribution in [2.45, 2.75) is 84.0 Å². The van der Waals surface area contributed by atoms with Gasteiger partial charge in [-0.2, -0.15) is 0 Å². The van der Waals surface area contributed by atoms with Gasteiger partial charge >= 0.3 is 0 Å². The lowest BCUT2D eigenvalue weighted by molar-refractivity contribution is -0.384. The number of ether oxygens (including phenoxy) is 1. The van der Waals surface area contributed by atoms with Gasteiger partial charge in [0.05, 0.1) is 23.8 Å². The third kappa shape index (κ3) is 9.97. The van der Waals surface area contributed by atoms with E-state index in [1.807, 2.05) is 0 Å². The van der Waals surface area contributed by atoms with E-state index in [9.17, 15) is 14.9 Å². The third-order valence-corrected chi connectivity index (χ3v) is 4.68. The number of rotatable bonds is 15. The number of hydrogen-bond donors (Lipinski definition) is 1. The van der Waals surface area contributed by atoms with E-state index in [2.05, 4.69) is 12.2 Å². The van der Waals surface area contributed by atoms with E-state index in [4.69, 9.17) is 4.74 Å². The first kappa shape index (κ1) is 22.9. The monoisotopic (exact) mass is 378 g/mol. The molecule has 0 saturated carbocycles. The Balaban J connectivity index is 2.15. The van der Waals surface area contributed by atoms with Gasteiger partial charge in [0.1, 0.15) is 5.75 Å². The molecule has 0 bridgehead atoms. The van der Waals surface area contributed by atoms with Crippen molar-refractivity contribution in [3.05, 3.63) is 28.3 Å². The molecular formula is C21H34N2O4. The SMILES string of the molecule is CCCCCCCCCCCCCC(=O)Nc1ccc([N+](=O)[O-])cc1OC. The number of nitrogens with zero attached hydrogens (tertiary/aromatic N) is 1. The van der Waals surface area contributed by atoms with Gasteiger partial charge in [0.15, 0.2) is 0 Å². The number of anilines is 1. The molecule has 0 fully saturated rings. The first-order chi connectivity index (χ1) is 13.1. The van der Waals surface area contributed by atoms with Crippen molar-refractivity contribution in [1.82, 2.24) is 0 Å². The minimum Gasteiger partial charge on any atom is -0.494 e. The van der Waals surface area contributed by atoms with Crippen molar-refractivity contribution >= 4 is 17.3 Å². The molecule has 0 atom stereocenters. The molecule has 6 heteroatoms. The van der Waals surface area contributed by atoms with Gasteiger partial charge in [-0.3, -0.25) is 14.9 Å². The molecule has 0 heterocycles. The highest BCUT2D eigenvalue weighted by atomic mass is 16.6. The number of carbonyl (C=O) groups is 1. The van der Waals surface area contributed by atoms with Gasteiger partial charge in [-0.15, -0.1) is 0 Å². The molecule has 0 aliphatic heterocycles. The molecule has 0 aliphatic carbocycles. The third-order valence-electron chi connectivity index (χ3n) is 4.68. The molecule has 152 valence electrons. The van der Waals surface area contributed by atoms with Crippen LogP contribution in [0, 0.1) is 10.1 Å². The van der Waals surface area contributed by atoms with E-state index in [0.29, 0.717) is 17.9 Å². The van der Waals surface area contributed by atoms with Gasteiger partial charge in [0.2, 0.25) is 5.91 Å². The van der Waals surface area contributed by atoms with Crippen molar-refractivity contribution in [1.29, 1.82) is 0 Å². The van der Waals surface area contributed by atoms with Gasteiger partial charge in [0, 0.05) is 12.5 Å². The summed E-state index contributed by atoms with van der Waals surface area (Å²) in [6.45, 7) is 2.24. The summed E-state index contributed by atoms with van der Waals surface area (Å²) in [4.78, 5) is 22.4. The maximum atomic E-state index is 12.1. The zero-order valence-corrected chi connectivity index (χ0v) is 16.8. The van der Waals surface area contributed by atoms with Gasteiger partial charge < -0.3 is 10.1 Å². The molecule has 1 aromatic carbocycles. The van der Waals surface area contributed by atoms with Crippen molar-refractivity contribution in [2.75, 3.05) is 12.4 Å². The van der Waals surface area contributed by atoms with E-state index in [1.165, 1.54) is 83.1 Å². The molecule has 1 rings (SSSR count). The Morgan fingerprint density at radius 2 is 1.56 bits per heavy atom. The molecule has 0 unspecified atom stereocenters. The van der Waals surface area contributed by atoms with Crippen molar-refractivity contribution in [3.63, 3.8) is 0 Å². The van der Waals surface area contributed by atoms with Crippen LogP contribution in [0.25, 0.3) is 0 Å². The standard InChI is InChI=1S/C21H34N2O4/c1-3-4-5-6-7-8-9-10-11-12-13-14-21(24)22-19-16-15-18(23(25)26)17-20(19)27-2/h15-17H,3-14H2,1-2H3,(H,22,24). The van der Waals surface area contributed by atoms with Crippen molar-refractivity contribution in [2.24, 2.45) is 0 Å². The Kier molecular flexibility index (Phi) is 11.9. The van der Waals surface area contributed by atoms with Crippen LogP contribution in [0.3, 0.4) is 0 Å². The highest BCUT2D eigenvalue weighted by Gasteiger charge is 2.13. The van der Waals surface area contributed by atoms with Crippen LogP contribution < -0.4 is 10.1 Å². The quantitative estimate of drug-likeness (QED) is 0.222. The predicted octanol–water partition coefficient (Wildman–Crippen LogP) is 6.24. The maximum absolute atomic E-state index is 12.1. The molecule has 1 aromatic rings. The Morgan fingerprint density at radius 3 is 2.07 bits per heavy atom. The second-order valence-electron chi connectivity index (χ2n) is 6.98. The second kappa shape index (κ2) is 14.0. The van der Waals surface area contributed by atoms with Crippen LogP contribution in [0.15, 0.2) is 18.2 Å². The first-order valence-electron chi connectivity index (χ1n) is 10.2. The molecule has 1 amide bonds. The van der Waals surface area contributed by atoms with Crippen molar-refractivity contribution < 1.29 is 14.5 Å². The smallest absolute Gasteiger partial charge is 0.273 e. The molecule has 6 nitrogen and oxygen atoms in total. The number of non-ortho nitro benzene ring substituents is 1. The van der Waals surface area contributed by atoms with Gasteiger partial charge in [-0.25, -0.2) is 0 Å². The number of nitro groups is 1. The van der Waals surface area contributed by atoms with Crippen LogP contribution in [0.4, 0.5) is 11.4 Å². The lowest BCUT2D eigenvalue weighted by atomic mass is 10.1. The highest BCUT2D eigenvalue weighted by molar-refractivity contribution is 5.92. The number of hydrogen-bond acceptors (Lipinski definition) is 4. The van der Waals surface area contributed by atoms with Gasteiger partial charge in [-0.05, 0) is 12.5 Å². The molecule has 0 saturated heterocycles. The zero-order valence-electron chi connectivity index (χ0n) is 16.8. The lowest BCUT2D eigenvalue weighted by Gasteiger charge is -2.10. The predicted molar refractivity (Wildman–Crippen MR) is 109 cm³/mol. The maximum Gasteiger partial charge on any atom is 0.273 e. The molecule has 0 radical (unpaired) electrons. The highest BCUT2D eigenvalue weighted by Crippen LogP contribution is 2.29. The number of unbranched alkanes of at least 4 members (excludes halogenated alkanes) is 10. The summed E-state index contributed by atoms with van der Waals surface area (Å²) < 4.78 is 5.13. The Hall–Kier alpha value is -2.11. The Morgan fingerprint density at radius 1 is 1.00 bits per heavy atom. The average molecular weight is 379 g/mol. The average Bonchev–Trinajstić information content (AvgIpc) is 2.66. The zero-order chi connectivity index (χ0) is 19.9. The fourth-order valence-corrected chi connectivity index (χ4v) is 3.06. The second-order valence-corrected chi connectivity index (χ2v) is 6.98. The minimum atomic E-state index is -0.487. The topological polar surface area (TPSA) is 81.5 Å². The van der Waals surface area contributed by atoms with Crippen LogP contribution >= 0.6 is 0 Å². The fourth-order valence-electron chi connectivity index (χ4n) is 3.06. The Labute approximate surface area is 162 Å². The van der Waals surface area contributed by atoms with E-state index in [1.54, 1.807) is 0 Å². The number of nitrogens with one attached hydrogen (secondary N) is 1. The number of benzene rings is 1. The van der Waals surface area contributed by atoms with Crippen LogP contribution in [0.1, 0.15) is 84.0 Å². The van der Waals surface area contributed by atoms with Gasteiger partial charge in [-0.1, -0.05) is 71.1 Å². The molecule has 0 aromatic heterocycles. The molecular weight excluding hydrogens is 344 g/mol. The van der Waals surface area contributed by atoms with E-state index in [0.717, 1.165) is 12.8 Å². The number of methoxy groups -OCH3 is 1. The van der Waals surface area contributed by atoms with Crippen LogP contribution in [-0.4, -0.2) is 17.9 Å². The summed E-state index contributed by atoms with van der Waals surface area (Å²) in [5.41, 5.74) is 0.409. The summed E-state index contributed by atoms with van der Waals surface area (Å²) in [6.07, 6.45) is 14.1. The summed E-state index contributed by atoms with van der Waals surface area (Å²) in [5.74, 6) is 0.217. The van der Waals surface area contributed by atoms with Gasteiger partial charge in [0.25, 0.3) is 5.69 Å². The van der Waals surface area contributed by atoms with E-state index >= 15 is 0 Å². The number of carbonyl (C=O) groups excluding carboxylic acids is 1. The van der Waals surface area contributed by atoms with E-state index in [-0.39, 0.29) is 11.6 Å². The first-order valence-corrected chi connectivity index (χ1v) is 10.2. The summed E-state index contributed by atoms with van der Waals surface area (Å²) in [6, 6.07) is 4.19. The molecule has 0 spiro atoms. The minimum absolute atomic E-state index is 0.0600. The summed E-state index contributed by atoms with van der Waals surface area (Å²) in [7, 11) is 1.43. The fraction of sp³-hybridized carbons (Fsp3) is 0.667. The van der Waals surface area contributed by atoms with E-state index < -0.39 is 4.92 Å². The molecule has 0 aliphatic rings. The largest absolute Gasteiger partial charge is 0.494 e. The van der Waals surface area contributed by atoms with Crippen LogP contribution in [0.2, 0.25) is 0 Å². The molecule has 27 heavy (non-hydrogen) atoms. The normalized spacial score (nSPS) is 10.6. The lowest BCUT2D eigenvalue weighted by Crippen LogP contribution is -2.12. The number of amides is 1. The van der Waals surface area contributed by atoms with Crippen molar-refractivity contribution in [3.8, 4) is 5.75 Å². The number of nitro benzene ring substituents is 1.